The molecule has 0 aromatic carbocycles. The number of piperidine rings is 1. The molecule has 3 rings (SSSR count). The van der Waals surface area contributed by atoms with E-state index >= 15 is 0 Å². The lowest BCUT2D eigenvalue weighted by molar-refractivity contribution is -0.144. The number of aliphatic carboxylic acids is 1. The van der Waals surface area contributed by atoms with Gasteiger partial charge in [0.05, 0.1) is 17.9 Å². The predicted octanol–water partition coefficient (Wildman–Crippen LogP) is 1.90. The van der Waals surface area contributed by atoms with Crippen molar-refractivity contribution < 1.29 is 9.90 Å². The minimum Gasteiger partial charge on any atom is -0.481 e. The van der Waals surface area contributed by atoms with Crippen LogP contribution in [-0.4, -0.2) is 38.1 Å². The first kappa shape index (κ1) is 12.7. The Bertz CT molecular complexity index is 467. The second-order valence-electron chi connectivity index (χ2n) is 5.90. The first-order valence-electron chi connectivity index (χ1n) is 7.12. The molecule has 0 spiro atoms. The van der Waals surface area contributed by atoms with Gasteiger partial charge in [0.25, 0.3) is 0 Å². The standard InChI is InChI=1S/C14H21N3O2/c1-10-6-11(14(18)19)4-5-16(10)8-13-7-15-9-17(13)12-2-3-12/h7,9-12H,2-6,8H2,1H3,(H,18,19). The van der Waals surface area contributed by atoms with Crippen molar-refractivity contribution in [3.8, 4) is 0 Å². The number of aromatic nitrogens is 2. The van der Waals surface area contributed by atoms with Crippen LogP contribution in [0.15, 0.2) is 12.5 Å². The SMILES string of the molecule is CC1CC(C(=O)O)CCN1Cc1cncn1C1CC1. The molecule has 104 valence electrons. The number of hydrogen-bond donors (Lipinski definition) is 1. The summed E-state index contributed by atoms with van der Waals surface area (Å²) in [6.45, 7) is 3.89. The number of carboxylic acids is 1. The quantitative estimate of drug-likeness (QED) is 0.901. The summed E-state index contributed by atoms with van der Waals surface area (Å²) in [5.41, 5.74) is 1.27. The van der Waals surface area contributed by atoms with Gasteiger partial charge in [-0.3, -0.25) is 9.69 Å². The summed E-state index contributed by atoms with van der Waals surface area (Å²) in [7, 11) is 0. The minimum absolute atomic E-state index is 0.167. The predicted molar refractivity (Wildman–Crippen MR) is 70.7 cm³/mol. The van der Waals surface area contributed by atoms with Crippen molar-refractivity contribution in [2.75, 3.05) is 6.54 Å². The van der Waals surface area contributed by atoms with E-state index in [1.807, 2.05) is 12.5 Å². The molecule has 2 unspecified atom stereocenters. The summed E-state index contributed by atoms with van der Waals surface area (Å²) >= 11 is 0. The molecule has 1 aliphatic carbocycles. The summed E-state index contributed by atoms with van der Waals surface area (Å²) in [5, 5.41) is 9.09. The van der Waals surface area contributed by atoms with E-state index in [2.05, 4.69) is 21.4 Å². The van der Waals surface area contributed by atoms with Crippen molar-refractivity contribution in [2.45, 2.75) is 51.2 Å². The first-order chi connectivity index (χ1) is 9.15. The highest BCUT2D eigenvalue weighted by atomic mass is 16.4. The molecule has 1 saturated heterocycles. The zero-order valence-electron chi connectivity index (χ0n) is 11.3. The van der Waals surface area contributed by atoms with Crippen LogP contribution in [0.1, 0.15) is 44.3 Å². The van der Waals surface area contributed by atoms with Crippen molar-refractivity contribution in [3.05, 3.63) is 18.2 Å². The number of carboxylic acid groups (broad SMARTS) is 1. The summed E-state index contributed by atoms with van der Waals surface area (Å²) in [5.74, 6) is -0.811. The van der Waals surface area contributed by atoms with E-state index in [4.69, 9.17) is 5.11 Å². The third kappa shape index (κ3) is 2.66. The fraction of sp³-hybridized carbons (Fsp3) is 0.714. The molecule has 1 N–H and O–H groups in total. The zero-order chi connectivity index (χ0) is 13.4. The Morgan fingerprint density at radius 3 is 2.89 bits per heavy atom. The maximum absolute atomic E-state index is 11.0. The Kier molecular flexibility index (Phi) is 3.31. The Morgan fingerprint density at radius 1 is 1.47 bits per heavy atom. The van der Waals surface area contributed by atoms with Crippen molar-refractivity contribution in [2.24, 2.45) is 5.92 Å². The largest absolute Gasteiger partial charge is 0.481 e. The number of hydrogen-bond acceptors (Lipinski definition) is 3. The van der Waals surface area contributed by atoms with Crippen LogP contribution in [0.2, 0.25) is 0 Å². The van der Waals surface area contributed by atoms with Crippen LogP contribution in [0.25, 0.3) is 0 Å². The lowest BCUT2D eigenvalue weighted by Crippen LogP contribution is -2.42. The van der Waals surface area contributed by atoms with Crippen molar-refractivity contribution in [3.63, 3.8) is 0 Å². The van der Waals surface area contributed by atoms with Gasteiger partial charge in [-0.2, -0.15) is 0 Å². The number of likely N-dealkylation sites (tertiary alicyclic amines) is 1. The smallest absolute Gasteiger partial charge is 0.306 e. The molecular formula is C14H21N3O2. The number of rotatable bonds is 4. The molecule has 0 bridgehead atoms. The Labute approximate surface area is 113 Å². The normalized spacial score (nSPS) is 28.5. The van der Waals surface area contributed by atoms with Crippen molar-refractivity contribution in [1.82, 2.24) is 14.5 Å². The maximum Gasteiger partial charge on any atom is 0.306 e. The van der Waals surface area contributed by atoms with E-state index < -0.39 is 5.97 Å². The first-order valence-corrected chi connectivity index (χ1v) is 7.12. The van der Waals surface area contributed by atoms with Gasteiger partial charge in [0, 0.05) is 24.8 Å². The van der Waals surface area contributed by atoms with Crippen LogP contribution in [0.3, 0.4) is 0 Å². The fourth-order valence-corrected chi connectivity index (χ4v) is 3.02. The van der Waals surface area contributed by atoms with Gasteiger partial charge in [0.2, 0.25) is 0 Å². The van der Waals surface area contributed by atoms with Crippen LogP contribution >= 0.6 is 0 Å². The highest BCUT2D eigenvalue weighted by Crippen LogP contribution is 2.36. The number of nitrogens with zero attached hydrogens (tertiary/aromatic N) is 3. The summed E-state index contributed by atoms with van der Waals surface area (Å²) in [4.78, 5) is 17.7. The molecule has 5 heteroatoms. The molecule has 1 aromatic rings. The lowest BCUT2D eigenvalue weighted by atomic mass is 9.91. The molecule has 1 aromatic heterocycles. The molecule has 5 nitrogen and oxygen atoms in total. The van der Waals surface area contributed by atoms with Gasteiger partial charge in [-0.25, -0.2) is 4.98 Å². The third-order valence-corrected chi connectivity index (χ3v) is 4.41. The Balaban J connectivity index is 1.64. The Hall–Kier alpha value is -1.36. The summed E-state index contributed by atoms with van der Waals surface area (Å²) in [6, 6.07) is 0.988. The molecule has 2 atom stereocenters. The second kappa shape index (κ2) is 4.96. The van der Waals surface area contributed by atoms with E-state index in [0.717, 1.165) is 25.9 Å². The summed E-state index contributed by atoms with van der Waals surface area (Å²) in [6.07, 6.45) is 7.93. The van der Waals surface area contributed by atoms with Crippen LogP contribution in [-0.2, 0) is 11.3 Å². The number of carbonyl (C=O) groups is 1. The molecule has 2 aliphatic rings. The van der Waals surface area contributed by atoms with Crippen molar-refractivity contribution in [1.29, 1.82) is 0 Å². The van der Waals surface area contributed by atoms with E-state index in [9.17, 15) is 4.79 Å². The highest BCUT2D eigenvalue weighted by Gasteiger charge is 2.31. The molecule has 2 heterocycles. The van der Waals surface area contributed by atoms with E-state index in [0.29, 0.717) is 12.1 Å². The van der Waals surface area contributed by atoms with Gasteiger partial charge in [-0.15, -0.1) is 0 Å². The van der Waals surface area contributed by atoms with Gasteiger partial charge < -0.3 is 9.67 Å². The van der Waals surface area contributed by atoms with Crippen LogP contribution in [0.5, 0.6) is 0 Å². The molecule has 1 aliphatic heterocycles. The number of imidazole rings is 1. The van der Waals surface area contributed by atoms with Gasteiger partial charge in [-0.1, -0.05) is 0 Å². The molecule has 0 radical (unpaired) electrons. The van der Waals surface area contributed by atoms with Crippen LogP contribution in [0, 0.1) is 5.92 Å². The van der Waals surface area contributed by atoms with Gasteiger partial charge >= 0.3 is 5.97 Å². The van der Waals surface area contributed by atoms with Gasteiger partial charge in [-0.05, 0) is 39.2 Å². The molecule has 0 amide bonds. The van der Waals surface area contributed by atoms with E-state index in [-0.39, 0.29) is 5.92 Å². The minimum atomic E-state index is -0.644. The monoisotopic (exact) mass is 263 g/mol. The molecule has 2 fully saturated rings. The lowest BCUT2D eigenvalue weighted by Gasteiger charge is -2.36. The van der Waals surface area contributed by atoms with E-state index in [1.54, 1.807) is 0 Å². The maximum atomic E-state index is 11.0. The molecule has 19 heavy (non-hydrogen) atoms. The molecular weight excluding hydrogens is 242 g/mol. The third-order valence-electron chi connectivity index (χ3n) is 4.41. The highest BCUT2D eigenvalue weighted by molar-refractivity contribution is 5.70. The van der Waals surface area contributed by atoms with E-state index in [1.165, 1.54) is 18.5 Å². The topological polar surface area (TPSA) is 58.4 Å². The molecule has 1 saturated carbocycles. The second-order valence-corrected chi connectivity index (χ2v) is 5.90. The van der Waals surface area contributed by atoms with Crippen LogP contribution < -0.4 is 0 Å². The van der Waals surface area contributed by atoms with Gasteiger partial charge in [0.15, 0.2) is 0 Å². The summed E-state index contributed by atoms with van der Waals surface area (Å²) < 4.78 is 2.29. The Morgan fingerprint density at radius 2 is 2.26 bits per heavy atom. The van der Waals surface area contributed by atoms with Gasteiger partial charge in [0.1, 0.15) is 0 Å². The average molecular weight is 263 g/mol. The zero-order valence-corrected chi connectivity index (χ0v) is 11.3. The average Bonchev–Trinajstić information content (AvgIpc) is 3.12. The fourth-order valence-electron chi connectivity index (χ4n) is 3.02. The van der Waals surface area contributed by atoms with Crippen LogP contribution in [0.4, 0.5) is 0 Å². The van der Waals surface area contributed by atoms with Crippen molar-refractivity contribution >= 4 is 5.97 Å².